The van der Waals surface area contributed by atoms with Gasteiger partial charge in [0.1, 0.15) is 11.6 Å². The van der Waals surface area contributed by atoms with Crippen molar-refractivity contribution in [3.8, 4) is 0 Å². The van der Waals surface area contributed by atoms with Gasteiger partial charge in [0.05, 0.1) is 0 Å². The molecule has 3 N–H and O–H groups in total. The molecular weight excluding hydrogens is 312 g/mol. The van der Waals surface area contributed by atoms with Crippen LogP contribution in [0.4, 0.5) is 4.79 Å². The Bertz CT molecular complexity index is 566. The van der Waals surface area contributed by atoms with Crippen molar-refractivity contribution in [2.24, 2.45) is 0 Å². The number of ether oxygens (including phenoxy) is 1. The number of carboxylic acid groups (broad SMARTS) is 1. The maximum atomic E-state index is 12.3. The van der Waals surface area contributed by atoms with Gasteiger partial charge in [-0.25, -0.2) is 4.79 Å². The zero-order valence-corrected chi connectivity index (χ0v) is 14.2. The second-order valence-electron chi connectivity index (χ2n) is 6.33. The Labute approximate surface area is 141 Å². The number of alkyl carbamates (subject to hydrolysis) is 1. The van der Waals surface area contributed by atoms with E-state index in [2.05, 4.69) is 10.6 Å². The molecule has 1 rings (SSSR count). The molecule has 7 nitrogen and oxygen atoms in total. The molecule has 0 radical (unpaired) electrons. The van der Waals surface area contributed by atoms with Crippen molar-refractivity contribution in [3.63, 3.8) is 0 Å². The first-order valence-corrected chi connectivity index (χ1v) is 7.70. The van der Waals surface area contributed by atoms with Gasteiger partial charge in [-0.2, -0.15) is 0 Å². The normalized spacial score (nSPS) is 12.1. The lowest BCUT2D eigenvalue weighted by Crippen LogP contribution is -2.48. The average Bonchev–Trinajstić information content (AvgIpc) is 2.48. The summed E-state index contributed by atoms with van der Waals surface area (Å²) in [7, 11) is 0. The van der Waals surface area contributed by atoms with Crippen molar-refractivity contribution >= 4 is 18.0 Å². The van der Waals surface area contributed by atoms with Gasteiger partial charge in [0.15, 0.2) is 0 Å². The standard InChI is InChI=1S/C17H24N2O5/c1-17(2,3)24-16(23)19-13(9-10-14(20)21)15(22)18-11-12-7-5-4-6-8-12/h4-8,13H,9-11H2,1-3H3,(H,18,22)(H,19,23)(H,20,21)/t13-/m0/s1. The summed E-state index contributed by atoms with van der Waals surface area (Å²) in [5, 5.41) is 13.9. The minimum Gasteiger partial charge on any atom is -0.481 e. The number of amides is 2. The van der Waals surface area contributed by atoms with Crippen LogP contribution in [0.1, 0.15) is 39.2 Å². The molecule has 7 heteroatoms. The van der Waals surface area contributed by atoms with Gasteiger partial charge in [-0.15, -0.1) is 0 Å². The van der Waals surface area contributed by atoms with Gasteiger partial charge < -0.3 is 20.5 Å². The molecule has 0 heterocycles. The van der Waals surface area contributed by atoms with Crippen LogP contribution in [-0.4, -0.2) is 34.7 Å². The van der Waals surface area contributed by atoms with Crippen molar-refractivity contribution in [3.05, 3.63) is 35.9 Å². The molecule has 0 fully saturated rings. The fourth-order valence-corrected chi connectivity index (χ4v) is 1.89. The lowest BCUT2D eigenvalue weighted by molar-refractivity contribution is -0.137. The van der Waals surface area contributed by atoms with Crippen LogP contribution in [0.15, 0.2) is 30.3 Å². The molecule has 0 unspecified atom stereocenters. The van der Waals surface area contributed by atoms with Crippen LogP contribution < -0.4 is 10.6 Å². The predicted octanol–water partition coefficient (Wildman–Crippen LogP) is 2.06. The summed E-state index contributed by atoms with van der Waals surface area (Å²) in [6, 6.07) is 8.30. The summed E-state index contributed by atoms with van der Waals surface area (Å²) in [4.78, 5) is 34.8. The van der Waals surface area contributed by atoms with E-state index in [1.54, 1.807) is 20.8 Å². The predicted molar refractivity (Wildman–Crippen MR) is 88.3 cm³/mol. The first kappa shape index (κ1) is 19.5. The molecule has 2 amide bonds. The van der Waals surface area contributed by atoms with Gasteiger partial charge in [-0.05, 0) is 32.8 Å². The van der Waals surface area contributed by atoms with Crippen LogP contribution in [0.5, 0.6) is 0 Å². The van der Waals surface area contributed by atoms with Crippen LogP contribution in [0.3, 0.4) is 0 Å². The molecule has 0 aromatic heterocycles. The van der Waals surface area contributed by atoms with E-state index in [0.717, 1.165) is 5.56 Å². The molecular formula is C17H24N2O5. The summed E-state index contributed by atoms with van der Waals surface area (Å²) in [6.07, 6.45) is -1.01. The lowest BCUT2D eigenvalue weighted by atomic mass is 10.1. The van der Waals surface area contributed by atoms with Crippen molar-refractivity contribution in [2.45, 2.75) is 51.8 Å². The minimum absolute atomic E-state index is 0.0187. The average molecular weight is 336 g/mol. The Morgan fingerprint density at radius 2 is 1.79 bits per heavy atom. The van der Waals surface area contributed by atoms with E-state index in [0.29, 0.717) is 6.54 Å². The van der Waals surface area contributed by atoms with Crippen LogP contribution in [-0.2, 0) is 20.9 Å². The Morgan fingerprint density at radius 1 is 1.17 bits per heavy atom. The third-order valence-electron chi connectivity index (χ3n) is 2.96. The highest BCUT2D eigenvalue weighted by Gasteiger charge is 2.24. The lowest BCUT2D eigenvalue weighted by Gasteiger charge is -2.23. The molecule has 24 heavy (non-hydrogen) atoms. The van der Waals surface area contributed by atoms with E-state index in [-0.39, 0.29) is 12.8 Å². The molecule has 0 saturated carbocycles. The maximum absolute atomic E-state index is 12.3. The van der Waals surface area contributed by atoms with E-state index in [9.17, 15) is 14.4 Å². The van der Waals surface area contributed by atoms with E-state index < -0.39 is 29.6 Å². The summed E-state index contributed by atoms with van der Waals surface area (Å²) in [5.74, 6) is -1.49. The van der Waals surface area contributed by atoms with Crippen LogP contribution in [0, 0.1) is 0 Å². The number of hydrogen-bond donors (Lipinski definition) is 3. The smallest absolute Gasteiger partial charge is 0.408 e. The number of nitrogens with one attached hydrogen (secondary N) is 2. The van der Waals surface area contributed by atoms with Crippen molar-refractivity contribution in [2.75, 3.05) is 0 Å². The summed E-state index contributed by atoms with van der Waals surface area (Å²) in [6.45, 7) is 5.40. The van der Waals surface area contributed by atoms with Crippen LogP contribution in [0.25, 0.3) is 0 Å². The molecule has 0 aliphatic rings. The Morgan fingerprint density at radius 3 is 2.33 bits per heavy atom. The summed E-state index contributed by atoms with van der Waals surface area (Å²) < 4.78 is 5.11. The molecule has 1 atom stereocenters. The van der Waals surface area contributed by atoms with Gasteiger partial charge in [-0.1, -0.05) is 30.3 Å². The van der Waals surface area contributed by atoms with Gasteiger partial charge in [0.25, 0.3) is 0 Å². The van der Waals surface area contributed by atoms with E-state index in [4.69, 9.17) is 9.84 Å². The number of benzene rings is 1. The van der Waals surface area contributed by atoms with Gasteiger partial charge >= 0.3 is 12.1 Å². The fourth-order valence-electron chi connectivity index (χ4n) is 1.89. The second-order valence-corrected chi connectivity index (χ2v) is 6.33. The number of rotatable bonds is 7. The van der Waals surface area contributed by atoms with Gasteiger partial charge in [0, 0.05) is 13.0 Å². The Kier molecular flexibility index (Phi) is 7.23. The molecule has 1 aromatic rings. The van der Waals surface area contributed by atoms with Crippen molar-refractivity contribution in [1.29, 1.82) is 0 Å². The number of carbonyl (C=O) groups is 3. The van der Waals surface area contributed by atoms with Crippen LogP contribution in [0.2, 0.25) is 0 Å². The van der Waals surface area contributed by atoms with E-state index in [1.165, 1.54) is 0 Å². The summed E-state index contributed by atoms with van der Waals surface area (Å²) in [5.41, 5.74) is 0.196. The highest BCUT2D eigenvalue weighted by molar-refractivity contribution is 5.86. The number of carboxylic acids is 1. The molecule has 132 valence electrons. The molecule has 0 aliphatic carbocycles. The van der Waals surface area contributed by atoms with Crippen molar-refractivity contribution in [1.82, 2.24) is 10.6 Å². The largest absolute Gasteiger partial charge is 0.481 e. The first-order valence-electron chi connectivity index (χ1n) is 7.70. The van der Waals surface area contributed by atoms with Gasteiger partial charge in [0.2, 0.25) is 5.91 Å². The maximum Gasteiger partial charge on any atom is 0.408 e. The monoisotopic (exact) mass is 336 g/mol. The highest BCUT2D eigenvalue weighted by Crippen LogP contribution is 2.08. The highest BCUT2D eigenvalue weighted by atomic mass is 16.6. The first-order chi connectivity index (χ1) is 11.2. The van der Waals surface area contributed by atoms with E-state index >= 15 is 0 Å². The molecule has 0 bridgehead atoms. The minimum atomic E-state index is -1.04. The fraction of sp³-hybridized carbons (Fsp3) is 0.471. The van der Waals surface area contributed by atoms with E-state index in [1.807, 2.05) is 30.3 Å². The number of carbonyl (C=O) groups excluding carboxylic acids is 2. The Hall–Kier alpha value is -2.57. The summed E-state index contributed by atoms with van der Waals surface area (Å²) >= 11 is 0. The zero-order valence-electron chi connectivity index (χ0n) is 14.2. The second kappa shape index (κ2) is 8.90. The quantitative estimate of drug-likeness (QED) is 0.707. The van der Waals surface area contributed by atoms with Crippen molar-refractivity contribution < 1.29 is 24.2 Å². The third-order valence-corrected chi connectivity index (χ3v) is 2.96. The van der Waals surface area contributed by atoms with Crippen LogP contribution >= 0.6 is 0 Å². The van der Waals surface area contributed by atoms with Gasteiger partial charge in [-0.3, -0.25) is 9.59 Å². The molecule has 0 saturated heterocycles. The SMILES string of the molecule is CC(C)(C)OC(=O)N[C@@H](CCC(=O)O)C(=O)NCc1ccccc1. The molecule has 0 spiro atoms. The number of aliphatic carboxylic acids is 1. The molecule has 1 aromatic carbocycles. The third kappa shape index (κ3) is 8.17. The number of hydrogen-bond acceptors (Lipinski definition) is 4. The molecule has 0 aliphatic heterocycles. The topological polar surface area (TPSA) is 105 Å². The Balaban J connectivity index is 2.64. The zero-order chi connectivity index (χ0) is 18.2.